The zero-order valence-corrected chi connectivity index (χ0v) is 7.03. The molecule has 1 aromatic rings. The summed E-state index contributed by atoms with van der Waals surface area (Å²) in [6, 6.07) is 5.14. The molecule has 0 amide bonds. The van der Waals surface area contributed by atoms with Gasteiger partial charge in [-0.2, -0.15) is 5.26 Å². The second kappa shape index (κ2) is 4.35. The molecule has 5 heteroatoms. The van der Waals surface area contributed by atoms with E-state index in [1.54, 1.807) is 6.07 Å². The summed E-state index contributed by atoms with van der Waals surface area (Å²) in [6.45, 7) is -0.820. The van der Waals surface area contributed by atoms with Crippen molar-refractivity contribution in [1.82, 2.24) is 0 Å². The molecule has 0 saturated heterocycles. The van der Waals surface area contributed by atoms with Gasteiger partial charge in [0, 0.05) is 0 Å². The van der Waals surface area contributed by atoms with Gasteiger partial charge < -0.3 is 9.84 Å². The van der Waals surface area contributed by atoms with E-state index >= 15 is 0 Å². The number of carbonyl (C=O) groups is 1. The predicted molar refractivity (Wildman–Crippen MR) is 43.8 cm³/mol. The minimum atomic E-state index is -0.950. The van der Waals surface area contributed by atoms with Crippen molar-refractivity contribution in [2.75, 3.05) is 6.61 Å². The summed E-state index contributed by atoms with van der Waals surface area (Å²) in [4.78, 5) is 10.6. The third-order valence-electron chi connectivity index (χ3n) is 1.41. The number of rotatable bonds is 2. The molecule has 1 N–H and O–H groups in total. The number of nitrogens with zero attached hydrogens (tertiary/aromatic N) is 1. The third kappa shape index (κ3) is 2.28. The number of nitriles is 1. The van der Waals surface area contributed by atoms with Gasteiger partial charge in [-0.15, -0.1) is 0 Å². The number of halogens is 1. The summed E-state index contributed by atoms with van der Waals surface area (Å²) in [5.41, 5.74) is 0.131. The Labute approximate surface area is 79.2 Å². The van der Waals surface area contributed by atoms with Gasteiger partial charge in [-0.25, -0.2) is 9.18 Å². The molecule has 0 radical (unpaired) electrons. The lowest BCUT2D eigenvalue weighted by atomic mass is 10.2. The molecule has 72 valence electrons. The normalized spacial score (nSPS) is 9.21. The van der Waals surface area contributed by atoms with Crippen LogP contribution in [0.1, 0.15) is 5.56 Å². The molecule has 0 aliphatic rings. The van der Waals surface area contributed by atoms with Crippen molar-refractivity contribution in [1.29, 1.82) is 5.26 Å². The lowest BCUT2D eigenvalue weighted by molar-refractivity contribution is -0.137. The van der Waals surface area contributed by atoms with Crippen molar-refractivity contribution < 1.29 is 19.0 Å². The maximum Gasteiger partial charge on any atom is 0.337 e. The molecule has 0 heterocycles. The Balaban J connectivity index is 2.90. The Morgan fingerprint density at radius 1 is 1.64 bits per heavy atom. The largest absolute Gasteiger partial charge is 0.422 e. The zero-order chi connectivity index (χ0) is 10.6. The molecular weight excluding hydrogens is 189 g/mol. The van der Waals surface area contributed by atoms with Crippen LogP contribution in [-0.4, -0.2) is 17.7 Å². The summed E-state index contributed by atoms with van der Waals surface area (Å²) in [7, 11) is 0. The van der Waals surface area contributed by atoms with Crippen LogP contribution in [0.4, 0.5) is 4.39 Å². The van der Waals surface area contributed by atoms with E-state index in [0.29, 0.717) is 0 Å². The number of carbonyl (C=O) groups excluding carboxylic acids is 1. The van der Waals surface area contributed by atoms with Crippen LogP contribution in [0, 0.1) is 17.1 Å². The minimum absolute atomic E-state index is 0.131. The maximum atomic E-state index is 13.0. The fraction of sp³-hybridized carbons (Fsp3) is 0.111. The molecule has 0 aromatic heterocycles. The SMILES string of the molecule is N#Cc1ccc(OC(=O)CO)c(F)c1. The highest BCUT2D eigenvalue weighted by atomic mass is 19.1. The van der Waals surface area contributed by atoms with E-state index in [1.165, 1.54) is 6.07 Å². The Bertz CT molecular complexity index is 398. The number of hydrogen-bond acceptors (Lipinski definition) is 4. The number of aliphatic hydroxyl groups excluding tert-OH is 1. The lowest BCUT2D eigenvalue weighted by Crippen LogP contribution is -2.13. The van der Waals surface area contributed by atoms with Crippen molar-refractivity contribution in [2.45, 2.75) is 0 Å². The first-order valence-electron chi connectivity index (χ1n) is 3.68. The highest BCUT2D eigenvalue weighted by molar-refractivity contribution is 5.73. The van der Waals surface area contributed by atoms with E-state index in [0.717, 1.165) is 12.1 Å². The van der Waals surface area contributed by atoms with Gasteiger partial charge in [-0.3, -0.25) is 0 Å². The first-order chi connectivity index (χ1) is 6.67. The van der Waals surface area contributed by atoms with Gasteiger partial charge >= 0.3 is 5.97 Å². The molecule has 0 atom stereocenters. The number of benzene rings is 1. The van der Waals surface area contributed by atoms with E-state index in [-0.39, 0.29) is 11.3 Å². The van der Waals surface area contributed by atoms with E-state index in [2.05, 4.69) is 4.74 Å². The summed E-state index contributed by atoms with van der Waals surface area (Å²) in [5.74, 6) is -2.07. The van der Waals surface area contributed by atoms with Crippen LogP contribution in [0.25, 0.3) is 0 Å². The fourth-order valence-electron chi connectivity index (χ4n) is 0.808. The zero-order valence-electron chi connectivity index (χ0n) is 7.03. The summed E-state index contributed by atoms with van der Waals surface area (Å²) in [5, 5.41) is 16.8. The van der Waals surface area contributed by atoms with Crippen LogP contribution in [0.15, 0.2) is 18.2 Å². The second-order valence-corrected chi connectivity index (χ2v) is 2.39. The lowest BCUT2D eigenvalue weighted by Gasteiger charge is -2.02. The molecule has 1 aromatic carbocycles. The molecule has 0 fully saturated rings. The van der Waals surface area contributed by atoms with Crippen LogP contribution in [-0.2, 0) is 4.79 Å². The first kappa shape index (κ1) is 10.2. The molecule has 14 heavy (non-hydrogen) atoms. The molecule has 0 unspecified atom stereocenters. The summed E-state index contributed by atoms with van der Waals surface area (Å²) < 4.78 is 17.4. The molecule has 0 aliphatic carbocycles. The molecule has 0 bridgehead atoms. The van der Waals surface area contributed by atoms with Gasteiger partial charge in [-0.1, -0.05) is 0 Å². The number of aliphatic hydroxyl groups is 1. The Morgan fingerprint density at radius 2 is 2.36 bits per heavy atom. The van der Waals surface area contributed by atoms with Gasteiger partial charge in [-0.05, 0) is 18.2 Å². The van der Waals surface area contributed by atoms with Crippen LogP contribution in [0.3, 0.4) is 0 Å². The molecular formula is C9H6FNO3. The molecule has 1 rings (SSSR count). The Kier molecular flexibility index (Phi) is 3.15. The average molecular weight is 195 g/mol. The number of hydrogen-bond donors (Lipinski definition) is 1. The van der Waals surface area contributed by atoms with Crippen molar-refractivity contribution >= 4 is 5.97 Å². The monoisotopic (exact) mass is 195 g/mol. The third-order valence-corrected chi connectivity index (χ3v) is 1.41. The molecule has 0 spiro atoms. The van der Waals surface area contributed by atoms with Crippen molar-refractivity contribution in [3.63, 3.8) is 0 Å². The molecule has 4 nitrogen and oxygen atoms in total. The standard InChI is InChI=1S/C9H6FNO3/c10-7-3-6(4-11)1-2-8(7)14-9(13)5-12/h1-3,12H,5H2. The molecule has 0 aliphatic heterocycles. The minimum Gasteiger partial charge on any atom is -0.422 e. The Hall–Kier alpha value is -1.93. The van der Waals surface area contributed by atoms with Crippen LogP contribution in [0.2, 0.25) is 0 Å². The molecule has 0 saturated carbocycles. The summed E-state index contributed by atoms with van der Waals surface area (Å²) >= 11 is 0. The van der Waals surface area contributed by atoms with E-state index < -0.39 is 18.4 Å². The van der Waals surface area contributed by atoms with Gasteiger partial charge in [0.1, 0.15) is 6.61 Å². The van der Waals surface area contributed by atoms with Crippen LogP contribution < -0.4 is 4.74 Å². The summed E-state index contributed by atoms with van der Waals surface area (Å²) in [6.07, 6.45) is 0. The first-order valence-corrected chi connectivity index (χ1v) is 3.68. The van der Waals surface area contributed by atoms with E-state index in [1.807, 2.05) is 0 Å². The van der Waals surface area contributed by atoms with Crippen LogP contribution >= 0.6 is 0 Å². The fourth-order valence-corrected chi connectivity index (χ4v) is 0.808. The van der Waals surface area contributed by atoms with Crippen molar-refractivity contribution in [3.8, 4) is 11.8 Å². The topological polar surface area (TPSA) is 70.3 Å². The Morgan fingerprint density at radius 3 is 2.86 bits per heavy atom. The van der Waals surface area contributed by atoms with Gasteiger partial charge in [0.15, 0.2) is 11.6 Å². The van der Waals surface area contributed by atoms with Gasteiger partial charge in [0.05, 0.1) is 11.6 Å². The maximum absolute atomic E-state index is 13.0. The number of esters is 1. The quantitative estimate of drug-likeness (QED) is 0.554. The van der Waals surface area contributed by atoms with Crippen LogP contribution in [0.5, 0.6) is 5.75 Å². The highest BCUT2D eigenvalue weighted by Gasteiger charge is 2.08. The second-order valence-electron chi connectivity index (χ2n) is 2.39. The average Bonchev–Trinajstić information content (AvgIpc) is 2.20. The van der Waals surface area contributed by atoms with E-state index in [4.69, 9.17) is 10.4 Å². The van der Waals surface area contributed by atoms with Crippen molar-refractivity contribution in [3.05, 3.63) is 29.6 Å². The van der Waals surface area contributed by atoms with Crippen molar-refractivity contribution in [2.24, 2.45) is 0 Å². The van der Waals surface area contributed by atoms with Gasteiger partial charge in [0.2, 0.25) is 0 Å². The smallest absolute Gasteiger partial charge is 0.337 e. The van der Waals surface area contributed by atoms with Gasteiger partial charge in [0.25, 0.3) is 0 Å². The predicted octanol–water partition coefficient (Wildman–Crippen LogP) is 0.595. The highest BCUT2D eigenvalue weighted by Crippen LogP contribution is 2.17. The van der Waals surface area contributed by atoms with E-state index in [9.17, 15) is 9.18 Å². The number of ether oxygens (including phenoxy) is 1.